The fraction of sp³-hybridized carbons (Fsp3) is 0.111. The summed E-state index contributed by atoms with van der Waals surface area (Å²) in [7, 11) is 0. The monoisotopic (exact) mass is 385 g/mol. The molecule has 0 aliphatic rings. The van der Waals surface area contributed by atoms with E-state index in [1.165, 1.54) is 0 Å². The zero-order chi connectivity index (χ0) is 16.9. The Bertz CT molecular complexity index is 847. The van der Waals surface area contributed by atoms with Crippen LogP contribution in [0.1, 0.15) is 21.7 Å². The maximum absolute atomic E-state index is 12.2. The molecule has 24 heavy (non-hydrogen) atoms. The van der Waals surface area contributed by atoms with Crippen LogP contribution >= 0.6 is 15.9 Å². The lowest BCUT2D eigenvalue weighted by Crippen LogP contribution is -2.22. The minimum Gasteiger partial charge on any atom is -0.467 e. The smallest absolute Gasteiger partial charge is 0.251 e. The Morgan fingerprint density at radius 1 is 1.25 bits per heavy atom. The first-order chi connectivity index (χ1) is 11.6. The fourth-order valence-corrected chi connectivity index (χ4v) is 2.44. The number of nitrogens with one attached hydrogen (secondary N) is 2. The number of nitrogens with zero attached hydrogens (tertiary/aromatic N) is 1. The van der Waals surface area contributed by atoms with Crippen molar-refractivity contribution in [3.05, 3.63) is 76.3 Å². The molecule has 0 saturated carbocycles. The number of hydrogen-bond donors (Lipinski definition) is 2. The highest BCUT2D eigenvalue weighted by molar-refractivity contribution is 9.10. The van der Waals surface area contributed by atoms with E-state index in [1.807, 2.05) is 31.2 Å². The second-order valence-electron chi connectivity index (χ2n) is 5.28. The molecule has 3 aromatic rings. The first-order valence-corrected chi connectivity index (χ1v) is 8.21. The third kappa shape index (κ3) is 4.02. The molecule has 122 valence electrons. The van der Waals surface area contributed by atoms with Gasteiger partial charge in [0.2, 0.25) is 0 Å². The summed E-state index contributed by atoms with van der Waals surface area (Å²) in [6, 6.07) is 12.9. The van der Waals surface area contributed by atoms with E-state index >= 15 is 0 Å². The second kappa shape index (κ2) is 7.31. The van der Waals surface area contributed by atoms with E-state index in [2.05, 4.69) is 31.5 Å². The molecule has 3 rings (SSSR count). The number of carbonyl (C=O) groups is 1. The van der Waals surface area contributed by atoms with Crippen molar-refractivity contribution >= 4 is 33.3 Å². The maximum Gasteiger partial charge on any atom is 0.251 e. The summed E-state index contributed by atoms with van der Waals surface area (Å²) in [5.41, 5.74) is 2.57. The number of benzene rings is 1. The van der Waals surface area contributed by atoms with E-state index in [9.17, 15) is 4.79 Å². The number of rotatable bonds is 5. The summed E-state index contributed by atoms with van der Waals surface area (Å²) in [6.45, 7) is 2.37. The zero-order valence-corrected chi connectivity index (χ0v) is 14.6. The largest absolute Gasteiger partial charge is 0.467 e. The van der Waals surface area contributed by atoms with Crippen molar-refractivity contribution in [1.82, 2.24) is 10.3 Å². The van der Waals surface area contributed by atoms with E-state index in [1.54, 1.807) is 30.7 Å². The Hall–Kier alpha value is -2.60. The summed E-state index contributed by atoms with van der Waals surface area (Å²) in [6.07, 6.45) is 3.19. The van der Waals surface area contributed by atoms with Gasteiger partial charge in [0.1, 0.15) is 11.6 Å². The minimum absolute atomic E-state index is 0.177. The van der Waals surface area contributed by atoms with Gasteiger partial charge in [-0.1, -0.05) is 15.9 Å². The SMILES string of the molecule is Cc1cc(Nc2cc(C(=O)NCc3ccco3)ccn2)ccc1Br. The van der Waals surface area contributed by atoms with Crippen molar-refractivity contribution in [3.63, 3.8) is 0 Å². The number of aryl methyl sites for hydroxylation is 1. The van der Waals surface area contributed by atoms with Crippen molar-refractivity contribution in [2.24, 2.45) is 0 Å². The van der Waals surface area contributed by atoms with Gasteiger partial charge in [-0.15, -0.1) is 0 Å². The average Bonchev–Trinajstić information content (AvgIpc) is 3.10. The van der Waals surface area contributed by atoms with Crippen LogP contribution in [-0.2, 0) is 6.54 Å². The third-order valence-corrected chi connectivity index (χ3v) is 4.35. The van der Waals surface area contributed by atoms with E-state index in [0.29, 0.717) is 23.7 Å². The second-order valence-corrected chi connectivity index (χ2v) is 6.14. The highest BCUT2D eigenvalue weighted by atomic mass is 79.9. The topological polar surface area (TPSA) is 67.2 Å². The summed E-state index contributed by atoms with van der Waals surface area (Å²) in [4.78, 5) is 16.5. The predicted octanol–water partition coefficient (Wildman–Crippen LogP) is 4.42. The molecule has 2 heterocycles. The first-order valence-electron chi connectivity index (χ1n) is 7.41. The van der Waals surface area contributed by atoms with Gasteiger partial charge in [-0.3, -0.25) is 4.79 Å². The Morgan fingerprint density at radius 3 is 2.88 bits per heavy atom. The lowest BCUT2D eigenvalue weighted by molar-refractivity contribution is 0.0948. The van der Waals surface area contributed by atoms with Crippen molar-refractivity contribution in [2.75, 3.05) is 5.32 Å². The van der Waals surface area contributed by atoms with Crippen molar-refractivity contribution < 1.29 is 9.21 Å². The number of aromatic nitrogens is 1. The Balaban J connectivity index is 1.68. The van der Waals surface area contributed by atoms with Gasteiger partial charge in [0.25, 0.3) is 5.91 Å². The molecule has 0 aliphatic carbocycles. The van der Waals surface area contributed by atoms with Crippen LogP contribution in [0.2, 0.25) is 0 Å². The molecule has 0 spiro atoms. The standard InChI is InChI=1S/C18H16BrN3O2/c1-12-9-14(4-5-16(12)19)22-17-10-13(6-7-20-17)18(23)21-11-15-3-2-8-24-15/h2-10H,11H2,1H3,(H,20,22)(H,21,23). The molecular formula is C18H16BrN3O2. The summed E-state index contributed by atoms with van der Waals surface area (Å²) in [5, 5.41) is 6.02. The number of hydrogen-bond acceptors (Lipinski definition) is 4. The molecule has 1 amide bonds. The highest BCUT2D eigenvalue weighted by Crippen LogP contribution is 2.22. The third-order valence-electron chi connectivity index (χ3n) is 3.46. The molecule has 2 aromatic heterocycles. The van der Waals surface area contributed by atoms with Crippen LogP contribution in [0.4, 0.5) is 11.5 Å². The van der Waals surface area contributed by atoms with Crippen molar-refractivity contribution in [2.45, 2.75) is 13.5 Å². The first kappa shape index (κ1) is 16.3. The Labute approximate surface area is 148 Å². The van der Waals surface area contributed by atoms with Gasteiger partial charge in [0.15, 0.2) is 0 Å². The molecule has 0 unspecified atom stereocenters. The maximum atomic E-state index is 12.2. The van der Waals surface area contributed by atoms with Gasteiger partial charge >= 0.3 is 0 Å². The van der Waals surface area contributed by atoms with Crippen LogP contribution in [0.25, 0.3) is 0 Å². The van der Waals surface area contributed by atoms with Gasteiger partial charge in [0, 0.05) is 21.9 Å². The Kier molecular flexibility index (Phi) is 4.96. The van der Waals surface area contributed by atoms with Crippen LogP contribution in [0, 0.1) is 6.92 Å². The fourth-order valence-electron chi connectivity index (χ4n) is 2.19. The van der Waals surface area contributed by atoms with Gasteiger partial charge in [-0.05, 0) is 55.0 Å². The number of pyridine rings is 1. The van der Waals surface area contributed by atoms with E-state index in [-0.39, 0.29) is 5.91 Å². The normalized spacial score (nSPS) is 10.4. The van der Waals surface area contributed by atoms with Crippen LogP contribution in [0.5, 0.6) is 0 Å². The molecular weight excluding hydrogens is 370 g/mol. The molecule has 0 atom stereocenters. The van der Waals surface area contributed by atoms with Gasteiger partial charge < -0.3 is 15.1 Å². The molecule has 0 fully saturated rings. The Morgan fingerprint density at radius 2 is 2.12 bits per heavy atom. The van der Waals surface area contributed by atoms with E-state index < -0.39 is 0 Å². The van der Waals surface area contributed by atoms with Gasteiger partial charge in [0.05, 0.1) is 12.8 Å². The van der Waals surface area contributed by atoms with Crippen molar-refractivity contribution in [3.8, 4) is 0 Å². The summed E-state index contributed by atoms with van der Waals surface area (Å²) < 4.78 is 6.25. The summed E-state index contributed by atoms with van der Waals surface area (Å²) in [5.74, 6) is 1.15. The van der Waals surface area contributed by atoms with Crippen LogP contribution in [0.15, 0.2) is 63.8 Å². The molecule has 5 nitrogen and oxygen atoms in total. The van der Waals surface area contributed by atoms with Gasteiger partial charge in [-0.2, -0.15) is 0 Å². The van der Waals surface area contributed by atoms with Crippen LogP contribution in [-0.4, -0.2) is 10.9 Å². The van der Waals surface area contributed by atoms with Crippen LogP contribution < -0.4 is 10.6 Å². The number of carbonyl (C=O) groups excluding carboxylic acids is 1. The molecule has 0 radical (unpaired) electrons. The average molecular weight is 386 g/mol. The lowest BCUT2D eigenvalue weighted by Gasteiger charge is -2.09. The number of halogens is 1. The van der Waals surface area contributed by atoms with E-state index in [4.69, 9.17) is 4.42 Å². The molecule has 0 aliphatic heterocycles. The quantitative estimate of drug-likeness (QED) is 0.681. The van der Waals surface area contributed by atoms with Crippen molar-refractivity contribution in [1.29, 1.82) is 0 Å². The molecule has 1 aromatic carbocycles. The van der Waals surface area contributed by atoms with Crippen LogP contribution in [0.3, 0.4) is 0 Å². The molecule has 0 bridgehead atoms. The molecule has 2 N–H and O–H groups in total. The number of amides is 1. The molecule has 6 heteroatoms. The lowest BCUT2D eigenvalue weighted by atomic mass is 10.2. The number of anilines is 2. The number of furan rings is 1. The minimum atomic E-state index is -0.177. The highest BCUT2D eigenvalue weighted by Gasteiger charge is 2.08. The summed E-state index contributed by atoms with van der Waals surface area (Å²) >= 11 is 3.48. The molecule has 0 saturated heterocycles. The van der Waals surface area contributed by atoms with Gasteiger partial charge in [-0.25, -0.2) is 4.98 Å². The predicted molar refractivity (Wildman–Crippen MR) is 96.3 cm³/mol. The van der Waals surface area contributed by atoms with E-state index in [0.717, 1.165) is 15.7 Å². The zero-order valence-electron chi connectivity index (χ0n) is 13.0.